The van der Waals surface area contributed by atoms with Gasteiger partial charge in [0.2, 0.25) is 0 Å². The van der Waals surface area contributed by atoms with Crippen molar-refractivity contribution < 1.29 is 13.6 Å². The lowest BCUT2D eigenvalue weighted by atomic mass is 10.1. The Bertz CT molecular complexity index is 1360. The maximum atomic E-state index is 12.5. The molecule has 0 radical (unpaired) electrons. The summed E-state index contributed by atoms with van der Waals surface area (Å²) in [5.74, 6) is 0.429. The zero-order valence-corrected chi connectivity index (χ0v) is 16.3. The summed E-state index contributed by atoms with van der Waals surface area (Å²) in [5.41, 5.74) is 5.05. The second kappa shape index (κ2) is 6.99. The lowest BCUT2D eigenvalue weighted by Gasteiger charge is -2.00. The molecule has 0 unspecified atom stereocenters. The number of imidazole rings is 1. The van der Waals surface area contributed by atoms with Gasteiger partial charge in [-0.25, -0.2) is 4.98 Å². The number of aryl methyl sites for hydroxylation is 2. The number of aromatic nitrogens is 7. The minimum absolute atomic E-state index is 0. The Morgan fingerprint density at radius 3 is 2.97 bits per heavy atom. The number of nitrogens with zero attached hydrogens (tertiary/aromatic N) is 5. The normalized spacial score (nSPS) is 11.3. The van der Waals surface area contributed by atoms with Crippen LogP contribution in [0, 0.1) is 6.92 Å². The minimum Gasteiger partial charge on any atom is -0.351 e. The number of amides is 1. The molecule has 0 saturated carbocycles. The standard InChI is InChI=1S/C20H18N8O2.3H2/c1-11-17(27-18(25-11)19(29)21-7-12-8-23-28(2)9-12)13-3-4-15-14(5-13)6-16(26-15)20-22-10-24-30-20;;;/h3-6,8-10,26H,7H2,1-2H3,(H,21,29)(H,25,27);3*1H. The van der Waals surface area contributed by atoms with E-state index in [9.17, 15) is 4.79 Å². The average molecular weight is 408 g/mol. The van der Waals surface area contributed by atoms with Crippen LogP contribution in [-0.2, 0) is 13.6 Å². The van der Waals surface area contributed by atoms with Gasteiger partial charge < -0.3 is 19.8 Å². The first-order valence-electron chi connectivity index (χ1n) is 9.29. The van der Waals surface area contributed by atoms with Gasteiger partial charge in [-0.3, -0.25) is 9.48 Å². The quantitative estimate of drug-likeness (QED) is 0.409. The number of H-pyrrole nitrogens is 2. The van der Waals surface area contributed by atoms with Crippen LogP contribution >= 0.6 is 0 Å². The highest BCUT2D eigenvalue weighted by atomic mass is 16.5. The van der Waals surface area contributed by atoms with E-state index in [2.05, 4.69) is 35.5 Å². The van der Waals surface area contributed by atoms with Crippen molar-refractivity contribution in [2.75, 3.05) is 0 Å². The van der Waals surface area contributed by atoms with E-state index in [1.165, 1.54) is 6.33 Å². The Morgan fingerprint density at radius 1 is 1.30 bits per heavy atom. The summed E-state index contributed by atoms with van der Waals surface area (Å²) in [6.45, 7) is 2.28. The monoisotopic (exact) mass is 408 g/mol. The van der Waals surface area contributed by atoms with Crippen molar-refractivity contribution in [3.63, 3.8) is 0 Å². The fourth-order valence-corrected chi connectivity index (χ4v) is 3.37. The third-order valence-electron chi connectivity index (χ3n) is 4.80. The van der Waals surface area contributed by atoms with Gasteiger partial charge in [-0.2, -0.15) is 10.1 Å². The first kappa shape index (κ1) is 17.9. The molecule has 0 aliphatic carbocycles. The number of rotatable bonds is 5. The van der Waals surface area contributed by atoms with Gasteiger partial charge in [0.1, 0.15) is 5.69 Å². The Morgan fingerprint density at radius 2 is 2.20 bits per heavy atom. The molecule has 30 heavy (non-hydrogen) atoms. The van der Waals surface area contributed by atoms with Gasteiger partial charge in [-0.1, -0.05) is 11.2 Å². The Hall–Kier alpha value is -4.21. The molecule has 4 heterocycles. The third kappa shape index (κ3) is 3.24. The summed E-state index contributed by atoms with van der Waals surface area (Å²) in [4.78, 5) is 27.4. The summed E-state index contributed by atoms with van der Waals surface area (Å²) in [6, 6.07) is 7.86. The summed E-state index contributed by atoms with van der Waals surface area (Å²) in [5, 5.41) is 11.6. The van der Waals surface area contributed by atoms with Gasteiger partial charge in [0.25, 0.3) is 11.8 Å². The number of carbonyl (C=O) groups excluding carboxylic acids is 1. The van der Waals surface area contributed by atoms with Crippen LogP contribution in [0.3, 0.4) is 0 Å². The van der Waals surface area contributed by atoms with E-state index in [-0.39, 0.29) is 16.0 Å². The second-order valence-electron chi connectivity index (χ2n) is 7.00. The van der Waals surface area contributed by atoms with Gasteiger partial charge in [0, 0.05) is 51.8 Å². The average Bonchev–Trinajstić information content (AvgIpc) is 3.51. The Kier molecular flexibility index (Phi) is 4.16. The maximum absolute atomic E-state index is 12.5. The van der Waals surface area contributed by atoms with Crippen molar-refractivity contribution in [1.82, 2.24) is 40.2 Å². The van der Waals surface area contributed by atoms with Crippen LogP contribution in [0.2, 0.25) is 0 Å². The molecule has 0 atom stereocenters. The predicted molar refractivity (Wildman–Crippen MR) is 115 cm³/mol. The zero-order chi connectivity index (χ0) is 20.7. The van der Waals surface area contributed by atoms with Gasteiger partial charge in [-0.05, 0) is 25.1 Å². The van der Waals surface area contributed by atoms with Crippen molar-refractivity contribution in [3.05, 3.63) is 60.1 Å². The predicted octanol–water partition coefficient (Wildman–Crippen LogP) is 3.32. The van der Waals surface area contributed by atoms with E-state index in [1.807, 2.05) is 44.4 Å². The number of carbonyl (C=O) groups is 1. The molecular weight excluding hydrogens is 384 g/mol. The molecule has 5 aromatic rings. The van der Waals surface area contributed by atoms with Crippen molar-refractivity contribution in [2.24, 2.45) is 7.05 Å². The molecule has 0 aliphatic heterocycles. The SMILES string of the molecule is Cc1[nH]c(C(=O)NCc2cnn(C)c2)nc1-c1ccc2[nH]c(-c3ncno3)cc2c1.[HH].[HH].[HH]. The second-order valence-corrected chi connectivity index (χ2v) is 7.00. The fourth-order valence-electron chi connectivity index (χ4n) is 3.37. The summed E-state index contributed by atoms with van der Waals surface area (Å²) < 4.78 is 6.80. The lowest BCUT2D eigenvalue weighted by molar-refractivity contribution is 0.0941. The van der Waals surface area contributed by atoms with E-state index in [1.54, 1.807) is 10.9 Å². The molecule has 156 valence electrons. The molecule has 0 aliphatic rings. The van der Waals surface area contributed by atoms with Gasteiger partial charge in [0.05, 0.1) is 11.9 Å². The molecule has 10 heteroatoms. The highest BCUT2D eigenvalue weighted by molar-refractivity contribution is 5.92. The molecular formula is C20H24N8O2. The highest BCUT2D eigenvalue weighted by Gasteiger charge is 2.16. The minimum atomic E-state index is -0.269. The summed E-state index contributed by atoms with van der Waals surface area (Å²) in [6.07, 6.45) is 4.93. The fraction of sp³-hybridized carbons (Fsp3) is 0.150. The number of hydrogen-bond donors (Lipinski definition) is 3. The highest BCUT2D eigenvalue weighted by Crippen LogP contribution is 2.28. The Balaban J connectivity index is 0.00000128. The topological polar surface area (TPSA) is 130 Å². The van der Waals surface area contributed by atoms with E-state index in [0.717, 1.165) is 39.1 Å². The number of aromatic amines is 2. The van der Waals surface area contributed by atoms with Crippen LogP contribution in [0.15, 0.2) is 47.5 Å². The molecule has 0 bridgehead atoms. The van der Waals surface area contributed by atoms with E-state index < -0.39 is 0 Å². The lowest BCUT2D eigenvalue weighted by Crippen LogP contribution is -2.23. The van der Waals surface area contributed by atoms with Gasteiger partial charge >= 0.3 is 0 Å². The number of hydrogen-bond acceptors (Lipinski definition) is 6. The van der Waals surface area contributed by atoms with Crippen LogP contribution in [0.5, 0.6) is 0 Å². The van der Waals surface area contributed by atoms with Crippen LogP contribution in [0.25, 0.3) is 33.7 Å². The largest absolute Gasteiger partial charge is 0.351 e. The van der Waals surface area contributed by atoms with Crippen LogP contribution in [0.4, 0.5) is 0 Å². The first-order valence-corrected chi connectivity index (χ1v) is 9.29. The van der Waals surface area contributed by atoms with Crippen LogP contribution in [0.1, 0.15) is 26.2 Å². The third-order valence-corrected chi connectivity index (χ3v) is 4.80. The molecule has 3 N–H and O–H groups in total. The van der Waals surface area contributed by atoms with Crippen LogP contribution < -0.4 is 5.32 Å². The first-order chi connectivity index (χ1) is 14.6. The van der Waals surface area contributed by atoms with Crippen molar-refractivity contribution in [3.8, 4) is 22.8 Å². The van der Waals surface area contributed by atoms with Crippen molar-refractivity contribution in [2.45, 2.75) is 13.5 Å². The van der Waals surface area contributed by atoms with Gasteiger partial charge in [-0.15, -0.1) is 0 Å². The molecule has 0 fully saturated rings. The molecule has 10 nitrogen and oxygen atoms in total. The van der Waals surface area contributed by atoms with E-state index in [4.69, 9.17) is 4.52 Å². The van der Waals surface area contributed by atoms with E-state index in [0.29, 0.717) is 12.4 Å². The molecule has 1 aromatic carbocycles. The molecule has 4 aromatic heterocycles. The van der Waals surface area contributed by atoms with Crippen LogP contribution in [-0.4, -0.2) is 40.8 Å². The maximum Gasteiger partial charge on any atom is 0.287 e. The summed E-state index contributed by atoms with van der Waals surface area (Å²) in [7, 11) is 1.83. The molecule has 0 saturated heterocycles. The molecule has 5 rings (SSSR count). The number of fused-ring (bicyclic) bond motifs is 1. The summed E-state index contributed by atoms with van der Waals surface area (Å²) >= 11 is 0. The zero-order valence-electron chi connectivity index (χ0n) is 16.3. The van der Waals surface area contributed by atoms with Gasteiger partial charge in [0.15, 0.2) is 12.2 Å². The number of benzene rings is 1. The smallest absolute Gasteiger partial charge is 0.287 e. The molecule has 1 amide bonds. The van der Waals surface area contributed by atoms with E-state index >= 15 is 0 Å². The number of nitrogens with one attached hydrogen (secondary N) is 3. The van der Waals surface area contributed by atoms with Crippen molar-refractivity contribution >= 4 is 16.8 Å². The Labute approximate surface area is 174 Å². The molecule has 0 spiro atoms. The van der Waals surface area contributed by atoms with Crippen molar-refractivity contribution in [1.29, 1.82) is 0 Å².